The summed E-state index contributed by atoms with van der Waals surface area (Å²) in [7, 11) is 0. The van der Waals surface area contributed by atoms with Gasteiger partial charge in [0.05, 0.1) is 23.8 Å². The Morgan fingerprint density at radius 2 is 1.86 bits per heavy atom. The topological polar surface area (TPSA) is 54.0 Å². The molecule has 1 unspecified atom stereocenters. The van der Waals surface area contributed by atoms with Gasteiger partial charge in [0.25, 0.3) is 5.91 Å². The second-order valence-corrected chi connectivity index (χ2v) is 8.60. The summed E-state index contributed by atoms with van der Waals surface area (Å²) in [6, 6.07) is 14.1. The van der Waals surface area contributed by atoms with E-state index in [2.05, 4.69) is 11.5 Å². The van der Waals surface area contributed by atoms with Gasteiger partial charge in [0, 0.05) is 25.1 Å². The number of hydrogen-bond donors (Lipinski definition) is 1. The van der Waals surface area contributed by atoms with Crippen LogP contribution in [0.5, 0.6) is 0 Å². The van der Waals surface area contributed by atoms with Gasteiger partial charge in [-0.2, -0.15) is 0 Å². The Kier molecular flexibility index (Phi) is 5.13. The van der Waals surface area contributed by atoms with Gasteiger partial charge in [-0.15, -0.1) is 11.3 Å². The molecule has 1 saturated carbocycles. The molecule has 29 heavy (non-hydrogen) atoms. The minimum absolute atomic E-state index is 0.0753. The number of ether oxygens (including phenoxy) is 2. The van der Waals surface area contributed by atoms with Crippen molar-refractivity contribution in [2.75, 3.05) is 18.2 Å². The number of carbonyl (C=O) groups is 1. The van der Waals surface area contributed by atoms with Crippen LogP contribution in [0.2, 0.25) is 0 Å². The summed E-state index contributed by atoms with van der Waals surface area (Å²) in [6.45, 7) is 1.34. The monoisotopic (exact) mass is 411 g/mol. The number of thiophene rings is 1. The van der Waals surface area contributed by atoms with Gasteiger partial charge < -0.3 is 14.4 Å². The van der Waals surface area contributed by atoms with E-state index in [0.717, 1.165) is 36.2 Å². The zero-order valence-corrected chi connectivity index (χ0v) is 17.0. The number of hydrogen-bond acceptors (Lipinski definition) is 6. The lowest BCUT2D eigenvalue weighted by Gasteiger charge is -2.42. The molecule has 2 aromatic rings. The highest BCUT2D eigenvalue weighted by Gasteiger charge is 2.44. The van der Waals surface area contributed by atoms with Gasteiger partial charge in [0.2, 0.25) is 0 Å². The lowest BCUT2D eigenvalue weighted by Crippen LogP contribution is -2.55. The molecule has 1 spiro atoms. The van der Waals surface area contributed by atoms with Crippen LogP contribution < -0.4 is 10.4 Å². The van der Waals surface area contributed by atoms with Crippen LogP contribution in [0.15, 0.2) is 60.1 Å². The second-order valence-electron chi connectivity index (χ2n) is 7.65. The van der Waals surface area contributed by atoms with Gasteiger partial charge in [-0.3, -0.25) is 9.80 Å². The first-order chi connectivity index (χ1) is 14.2. The van der Waals surface area contributed by atoms with Gasteiger partial charge >= 0.3 is 0 Å². The summed E-state index contributed by atoms with van der Waals surface area (Å²) in [4.78, 5) is 16.2. The highest BCUT2D eigenvalue weighted by Crippen LogP contribution is 2.38. The quantitative estimate of drug-likeness (QED) is 0.831. The minimum atomic E-state index is -0.427. The fraction of sp³-hybridized carbons (Fsp3) is 0.409. The average molecular weight is 412 g/mol. The van der Waals surface area contributed by atoms with Crippen molar-refractivity contribution < 1.29 is 14.3 Å². The smallest absolute Gasteiger partial charge is 0.265 e. The first kappa shape index (κ1) is 18.8. The van der Waals surface area contributed by atoms with Crippen LogP contribution in [0.1, 0.15) is 35.4 Å². The summed E-state index contributed by atoms with van der Waals surface area (Å²) in [5, 5.41) is 3.93. The molecular formula is C22H25N3O3S. The number of hydrazine groups is 1. The Morgan fingerprint density at radius 1 is 1.10 bits per heavy atom. The molecule has 5 rings (SSSR count). The highest BCUT2D eigenvalue weighted by atomic mass is 32.1. The second kappa shape index (κ2) is 7.91. The summed E-state index contributed by atoms with van der Waals surface area (Å²) in [5.41, 5.74) is 4.52. The van der Waals surface area contributed by atoms with Crippen molar-refractivity contribution >= 4 is 22.9 Å². The number of carbonyl (C=O) groups excluding carboxylic acids is 1. The molecule has 2 fully saturated rings. The Hall–Kier alpha value is -2.19. The molecule has 1 atom stereocenters. The molecule has 1 N–H and O–H groups in total. The third-order valence-corrected chi connectivity index (χ3v) is 6.77. The third-order valence-electron chi connectivity index (χ3n) is 5.91. The predicted octanol–water partition coefficient (Wildman–Crippen LogP) is 3.74. The molecule has 1 aliphatic carbocycles. The number of nitrogens with zero attached hydrogens (tertiary/aromatic N) is 2. The van der Waals surface area contributed by atoms with Gasteiger partial charge in [0.15, 0.2) is 5.79 Å². The van der Waals surface area contributed by atoms with Crippen LogP contribution in [-0.4, -0.2) is 42.0 Å². The maximum atomic E-state index is 13.4. The van der Waals surface area contributed by atoms with Crippen LogP contribution in [0, 0.1) is 0 Å². The standard InChI is InChI=1S/C22H25N3O3S/c26-21(19-7-4-16-29-19)25(18-8-11-22(12-9-18)27-14-15-28-22)20-10-13-24(23-20)17-5-2-1-3-6-17/h1-7,10,13,16,18,20,23H,8-9,11-12,14-15H2. The number of nitrogens with one attached hydrogen (secondary N) is 1. The predicted molar refractivity (Wildman–Crippen MR) is 112 cm³/mol. The van der Waals surface area contributed by atoms with Crippen molar-refractivity contribution in [2.45, 2.75) is 43.7 Å². The summed E-state index contributed by atoms with van der Waals surface area (Å²) >= 11 is 1.49. The van der Waals surface area contributed by atoms with Crippen LogP contribution in [0.4, 0.5) is 5.69 Å². The van der Waals surface area contributed by atoms with Crippen LogP contribution in [0.3, 0.4) is 0 Å². The zero-order valence-electron chi connectivity index (χ0n) is 16.2. The van der Waals surface area contributed by atoms with Gasteiger partial charge in [-0.05, 0) is 42.5 Å². The third kappa shape index (κ3) is 3.71. The fourth-order valence-corrected chi connectivity index (χ4v) is 5.12. The molecule has 1 amide bonds. The lowest BCUT2D eigenvalue weighted by atomic mass is 9.88. The van der Waals surface area contributed by atoms with E-state index in [9.17, 15) is 4.79 Å². The normalized spacial score (nSPS) is 23.7. The maximum absolute atomic E-state index is 13.4. The maximum Gasteiger partial charge on any atom is 0.265 e. The van der Waals surface area contributed by atoms with E-state index in [4.69, 9.17) is 9.47 Å². The van der Waals surface area contributed by atoms with E-state index in [0.29, 0.717) is 13.2 Å². The first-order valence-electron chi connectivity index (χ1n) is 10.2. The zero-order chi connectivity index (χ0) is 19.7. The van der Waals surface area contributed by atoms with Crippen molar-refractivity contribution in [3.63, 3.8) is 0 Å². The first-order valence-corrected chi connectivity index (χ1v) is 11.0. The molecule has 2 aliphatic heterocycles. The Morgan fingerprint density at radius 3 is 2.55 bits per heavy atom. The summed E-state index contributed by atoms with van der Waals surface area (Å²) in [6.07, 6.45) is 7.26. The number of para-hydroxylation sites is 1. The van der Waals surface area contributed by atoms with Crippen molar-refractivity contribution in [1.29, 1.82) is 0 Å². The molecule has 0 radical (unpaired) electrons. The average Bonchev–Trinajstić information content (AvgIpc) is 3.53. The van der Waals surface area contributed by atoms with Crippen LogP contribution in [0.25, 0.3) is 0 Å². The largest absolute Gasteiger partial charge is 0.348 e. The molecule has 1 saturated heterocycles. The van der Waals surface area contributed by atoms with Gasteiger partial charge in [0.1, 0.15) is 6.17 Å². The van der Waals surface area contributed by atoms with Gasteiger partial charge in [-0.1, -0.05) is 24.3 Å². The minimum Gasteiger partial charge on any atom is -0.348 e. The Balaban J connectivity index is 1.35. The van der Waals surface area contributed by atoms with Gasteiger partial charge in [-0.25, -0.2) is 5.43 Å². The summed E-state index contributed by atoms with van der Waals surface area (Å²) < 4.78 is 11.8. The van der Waals surface area contributed by atoms with E-state index in [1.807, 2.05) is 64.0 Å². The molecule has 1 aromatic heterocycles. The summed E-state index contributed by atoms with van der Waals surface area (Å²) in [5.74, 6) is -0.352. The Labute approximate surface area is 174 Å². The van der Waals surface area contributed by atoms with E-state index < -0.39 is 5.79 Å². The van der Waals surface area contributed by atoms with Crippen LogP contribution >= 0.6 is 11.3 Å². The molecule has 3 heterocycles. The van der Waals surface area contributed by atoms with E-state index >= 15 is 0 Å². The lowest BCUT2D eigenvalue weighted by molar-refractivity contribution is -0.183. The number of rotatable bonds is 4. The molecule has 1 aromatic carbocycles. The number of benzene rings is 1. The molecular weight excluding hydrogens is 386 g/mol. The van der Waals surface area contributed by atoms with Crippen molar-refractivity contribution in [2.24, 2.45) is 0 Å². The molecule has 6 nitrogen and oxygen atoms in total. The van der Waals surface area contributed by atoms with E-state index in [-0.39, 0.29) is 18.1 Å². The molecule has 152 valence electrons. The van der Waals surface area contributed by atoms with E-state index in [1.165, 1.54) is 11.3 Å². The number of amides is 1. The van der Waals surface area contributed by atoms with Crippen LogP contribution in [-0.2, 0) is 9.47 Å². The molecule has 3 aliphatic rings. The number of anilines is 1. The SMILES string of the molecule is O=C(c1cccs1)N(C1CCC2(CC1)OCCO2)C1C=CN(c2ccccc2)N1. The fourth-order valence-electron chi connectivity index (χ4n) is 4.45. The van der Waals surface area contributed by atoms with Crippen molar-refractivity contribution in [3.05, 3.63) is 65.0 Å². The highest BCUT2D eigenvalue weighted by molar-refractivity contribution is 7.12. The van der Waals surface area contributed by atoms with Crippen molar-refractivity contribution in [3.8, 4) is 0 Å². The van der Waals surface area contributed by atoms with E-state index in [1.54, 1.807) is 0 Å². The molecule has 0 bridgehead atoms. The Bertz CT molecular complexity index is 855. The van der Waals surface area contributed by atoms with Crippen molar-refractivity contribution in [1.82, 2.24) is 10.3 Å². The molecule has 7 heteroatoms.